The molecule has 0 aliphatic carbocycles. The van der Waals surface area contributed by atoms with Crippen LogP contribution in [-0.2, 0) is 4.79 Å². The zero-order valence-electron chi connectivity index (χ0n) is 24.7. The molecule has 1 N–H and O–H groups in total. The first kappa shape index (κ1) is 30.1. The Balaban J connectivity index is 1.57. The standard InChI is InChI=1S/C35H40N3O3P/c1-26(2)37-34(29-17-10-6-11-18-29)35(30-19-12-7-13-20-30)38(27(3)4)42(37,40)36-32(33-21-14-24-41-33)25-31(39)23-22-28-15-8-5-9-16-28/h5-24,26-27,32,34-35H,25H2,1-4H3,(H,36,40)/b23-22+/t32-,34-,35-/m0/s1. The van der Waals surface area contributed by atoms with Crippen molar-refractivity contribution < 1.29 is 14.1 Å². The third-order valence-corrected chi connectivity index (χ3v) is 11.0. The fourth-order valence-electron chi connectivity index (χ4n) is 6.04. The van der Waals surface area contributed by atoms with Gasteiger partial charge in [-0.15, -0.1) is 9.34 Å². The van der Waals surface area contributed by atoms with E-state index in [1.54, 1.807) is 18.4 Å². The van der Waals surface area contributed by atoms with Crippen molar-refractivity contribution in [2.45, 2.75) is 64.3 Å². The molecule has 218 valence electrons. The van der Waals surface area contributed by atoms with Gasteiger partial charge in [0, 0.05) is 18.5 Å². The maximum atomic E-state index is 15.8. The Morgan fingerprint density at radius 1 is 0.810 bits per heavy atom. The Morgan fingerprint density at radius 3 is 1.76 bits per heavy atom. The van der Waals surface area contributed by atoms with E-state index in [1.807, 2.05) is 78.9 Å². The zero-order valence-corrected chi connectivity index (χ0v) is 25.6. The number of allylic oxidation sites excluding steroid dienone is 1. The molecule has 1 saturated heterocycles. The Kier molecular flexibility index (Phi) is 9.52. The molecular weight excluding hydrogens is 541 g/mol. The van der Waals surface area contributed by atoms with Gasteiger partial charge in [-0.1, -0.05) is 97.1 Å². The van der Waals surface area contributed by atoms with Crippen molar-refractivity contribution in [3.05, 3.63) is 138 Å². The summed E-state index contributed by atoms with van der Waals surface area (Å²) in [4.78, 5) is 29.1. The number of hydrogen-bond acceptors (Lipinski definition) is 6. The second kappa shape index (κ2) is 13.3. The molecule has 42 heavy (non-hydrogen) atoms. The predicted octanol–water partition coefficient (Wildman–Crippen LogP) is 7.54. The van der Waals surface area contributed by atoms with Gasteiger partial charge < -0.3 is 9.31 Å². The van der Waals surface area contributed by atoms with Crippen LogP contribution in [0.15, 0.2) is 120 Å². The summed E-state index contributed by atoms with van der Waals surface area (Å²) < 4.78 is 10.1. The highest BCUT2D eigenvalue weighted by Gasteiger charge is 2.62. The molecule has 1 aliphatic rings. The summed E-state index contributed by atoms with van der Waals surface area (Å²) in [5.74, 6) is 0.503. The van der Waals surface area contributed by atoms with Crippen LogP contribution in [-0.4, -0.2) is 27.2 Å². The molecule has 2 heterocycles. The number of nitrogens with zero attached hydrogens (tertiary/aromatic N) is 2. The van der Waals surface area contributed by atoms with Crippen LogP contribution >= 0.6 is 7.94 Å². The van der Waals surface area contributed by atoms with Crippen LogP contribution in [0.2, 0.25) is 0 Å². The highest BCUT2D eigenvalue weighted by Crippen LogP contribution is 2.72. The Bertz CT molecular complexity index is 1390. The fourth-order valence-corrected chi connectivity index (χ4v) is 9.62. The van der Waals surface area contributed by atoms with E-state index in [-0.39, 0.29) is 36.4 Å². The van der Waals surface area contributed by atoms with Gasteiger partial charge in [0.2, 0.25) is 0 Å². The Morgan fingerprint density at radius 2 is 1.31 bits per heavy atom. The van der Waals surface area contributed by atoms with Gasteiger partial charge in [0.25, 0.3) is 0 Å². The highest BCUT2D eigenvalue weighted by atomic mass is 31.2. The zero-order chi connectivity index (χ0) is 29.7. The van der Waals surface area contributed by atoms with E-state index < -0.39 is 14.0 Å². The van der Waals surface area contributed by atoms with Gasteiger partial charge in [-0.2, -0.15) is 5.09 Å². The number of ketones is 1. The molecule has 0 radical (unpaired) electrons. The first-order valence-electron chi connectivity index (χ1n) is 14.6. The normalized spacial score (nSPS) is 20.1. The minimum absolute atomic E-state index is 0.0607. The van der Waals surface area contributed by atoms with E-state index in [9.17, 15) is 4.79 Å². The summed E-state index contributed by atoms with van der Waals surface area (Å²) in [5, 5.41) is 3.55. The van der Waals surface area contributed by atoms with Crippen molar-refractivity contribution in [1.82, 2.24) is 14.4 Å². The van der Waals surface area contributed by atoms with Gasteiger partial charge in [0.05, 0.1) is 18.3 Å². The Labute approximate surface area is 250 Å². The van der Waals surface area contributed by atoms with Crippen molar-refractivity contribution in [1.29, 1.82) is 0 Å². The average Bonchev–Trinajstić information content (AvgIpc) is 3.62. The summed E-state index contributed by atoms with van der Waals surface area (Å²) in [6.45, 7) is 8.36. The lowest BCUT2D eigenvalue weighted by Crippen LogP contribution is -2.48. The fraction of sp³-hybridized carbons (Fsp3) is 0.286. The van der Waals surface area contributed by atoms with Crippen LogP contribution < -0.4 is 9.98 Å². The lowest BCUT2D eigenvalue weighted by atomic mass is 9.92. The quantitative estimate of drug-likeness (QED) is 0.146. The predicted molar refractivity (Wildman–Crippen MR) is 169 cm³/mol. The van der Waals surface area contributed by atoms with Crippen LogP contribution in [0.1, 0.15) is 74.7 Å². The van der Waals surface area contributed by atoms with E-state index >= 15 is 4.89 Å². The summed E-state index contributed by atoms with van der Waals surface area (Å²) in [7, 11) is -3.50. The largest absolute Gasteiger partial charge is 0.636 e. The first-order valence-corrected chi connectivity index (χ1v) is 16.3. The molecule has 6 nitrogen and oxygen atoms in total. The van der Waals surface area contributed by atoms with Gasteiger partial charge >= 0.3 is 0 Å². The molecule has 5 rings (SSSR count). The lowest BCUT2D eigenvalue weighted by molar-refractivity contribution is -0.198. The molecule has 0 spiro atoms. The maximum Gasteiger partial charge on any atom is 0.185 e. The minimum Gasteiger partial charge on any atom is -0.636 e. The molecule has 0 amide bonds. The number of rotatable bonds is 11. The van der Waals surface area contributed by atoms with E-state index in [1.165, 1.54) is 0 Å². The third-order valence-electron chi connectivity index (χ3n) is 7.71. The van der Waals surface area contributed by atoms with Crippen molar-refractivity contribution in [2.24, 2.45) is 0 Å². The molecular formula is C35H40N3O3P. The van der Waals surface area contributed by atoms with Crippen LogP contribution in [0.4, 0.5) is 0 Å². The van der Waals surface area contributed by atoms with Gasteiger partial charge in [0.1, 0.15) is 11.8 Å². The molecule has 3 atom stereocenters. The van der Waals surface area contributed by atoms with Gasteiger partial charge in [0.15, 0.2) is 13.7 Å². The Hall–Kier alpha value is -3.38. The van der Waals surface area contributed by atoms with Crippen molar-refractivity contribution in [3.63, 3.8) is 0 Å². The topological polar surface area (TPSA) is 71.8 Å². The molecule has 7 heteroatoms. The molecule has 0 unspecified atom stereocenters. The monoisotopic (exact) mass is 581 g/mol. The van der Waals surface area contributed by atoms with Crippen LogP contribution in [0.25, 0.3) is 6.08 Å². The number of carbonyl (C=O) groups excluding carboxylic acids is 1. The van der Waals surface area contributed by atoms with Crippen LogP contribution in [0.5, 0.6) is 0 Å². The molecule has 3 aromatic carbocycles. The lowest BCUT2D eigenvalue weighted by Gasteiger charge is -2.44. The van der Waals surface area contributed by atoms with E-state index in [4.69, 9.17) is 4.42 Å². The molecule has 1 aromatic heterocycles. The smallest absolute Gasteiger partial charge is 0.185 e. The number of nitrogens with one attached hydrogen (secondary N) is 1. The van der Waals surface area contributed by atoms with Gasteiger partial charge in [-0.3, -0.25) is 4.79 Å². The maximum absolute atomic E-state index is 15.8. The van der Waals surface area contributed by atoms with Crippen molar-refractivity contribution in [3.8, 4) is 0 Å². The number of furan rings is 1. The summed E-state index contributed by atoms with van der Waals surface area (Å²) in [5.41, 5.74) is 3.15. The molecule has 1 aliphatic heterocycles. The molecule has 1 fully saturated rings. The average molecular weight is 582 g/mol. The second-order valence-corrected chi connectivity index (χ2v) is 13.6. The van der Waals surface area contributed by atoms with Crippen LogP contribution in [0.3, 0.4) is 0 Å². The van der Waals surface area contributed by atoms with Gasteiger partial charge in [-0.25, -0.2) is 0 Å². The van der Waals surface area contributed by atoms with E-state index in [0.29, 0.717) is 5.76 Å². The van der Waals surface area contributed by atoms with E-state index in [2.05, 4.69) is 66.4 Å². The highest BCUT2D eigenvalue weighted by molar-refractivity contribution is 7.62. The summed E-state index contributed by atoms with van der Waals surface area (Å²) >= 11 is 0. The summed E-state index contributed by atoms with van der Waals surface area (Å²) in [6, 6.07) is 33.0. The number of benzene rings is 3. The second-order valence-electron chi connectivity index (χ2n) is 11.3. The van der Waals surface area contributed by atoms with E-state index in [0.717, 1.165) is 16.7 Å². The molecule has 4 aromatic rings. The summed E-state index contributed by atoms with van der Waals surface area (Å²) in [6.07, 6.45) is 5.11. The number of carbonyl (C=O) groups is 1. The minimum atomic E-state index is -3.50. The SMILES string of the molecule is CC(C)N1[C@@H](c2ccccc2)[C@H](c2ccccc2)N(C(C)C)[P+]1([O-])N[C@@H](CC(=O)/C=C/c1ccccc1)c1ccco1. The molecule has 0 saturated carbocycles. The van der Waals surface area contributed by atoms with Crippen molar-refractivity contribution >= 4 is 19.8 Å². The first-order chi connectivity index (χ1) is 20.3. The van der Waals surface area contributed by atoms with Gasteiger partial charge in [-0.05, 0) is 62.6 Å². The molecule has 0 bridgehead atoms. The number of hydrogen-bond donors (Lipinski definition) is 1. The van der Waals surface area contributed by atoms with Crippen LogP contribution in [0, 0.1) is 0 Å². The third kappa shape index (κ3) is 6.34. The van der Waals surface area contributed by atoms with Crippen molar-refractivity contribution in [2.75, 3.05) is 0 Å².